The Hall–Kier alpha value is -2.93. The van der Waals surface area contributed by atoms with E-state index < -0.39 is 0 Å². The van der Waals surface area contributed by atoms with Crippen LogP contribution in [0.15, 0.2) is 49.1 Å². The number of hydrogen-bond acceptors (Lipinski definition) is 4. The van der Waals surface area contributed by atoms with E-state index in [-0.39, 0.29) is 11.9 Å². The van der Waals surface area contributed by atoms with Gasteiger partial charge in [0.15, 0.2) is 0 Å². The van der Waals surface area contributed by atoms with Crippen LogP contribution in [0.25, 0.3) is 15.9 Å². The summed E-state index contributed by atoms with van der Waals surface area (Å²) in [6.07, 6.45) is 5.43. The normalized spacial score (nSPS) is 12.6. The molecular weight excluding hydrogens is 382 g/mol. The molecule has 3 aromatic heterocycles. The Kier molecular flexibility index (Phi) is 5.24. The number of nitrogens with zero attached hydrogens (tertiary/aromatic N) is 4. The SMILES string of the molecule is Cc1nn(CC(C)C)c2sc(C(=O)N[C@@H](C)c3ccc(-n4ccnc4)cc3)cc12. The molecule has 0 radical (unpaired) electrons. The summed E-state index contributed by atoms with van der Waals surface area (Å²) < 4.78 is 3.97. The topological polar surface area (TPSA) is 64.7 Å². The summed E-state index contributed by atoms with van der Waals surface area (Å²) in [4.78, 5) is 18.7. The molecule has 29 heavy (non-hydrogen) atoms. The van der Waals surface area contributed by atoms with Crippen LogP contribution in [0.4, 0.5) is 0 Å². The van der Waals surface area contributed by atoms with Gasteiger partial charge in [0.05, 0.1) is 22.9 Å². The zero-order valence-electron chi connectivity index (χ0n) is 17.1. The highest BCUT2D eigenvalue weighted by Crippen LogP contribution is 2.29. The number of hydrogen-bond donors (Lipinski definition) is 1. The molecule has 0 aliphatic carbocycles. The Balaban J connectivity index is 1.50. The molecule has 0 saturated heterocycles. The average Bonchev–Trinajstić information content (AvgIpc) is 3.41. The lowest BCUT2D eigenvalue weighted by Crippen LogP contribution is -2.25. The zero-order chi connectivity index (χ0) is 20.5. The number of imidazole rings is 1. The van der Waals surface area contributed by atoms with Crippen molar-refractivity contribution in [3.05, 3.63) is 65.2 Å². The fourth-order valence-corrected chi connectivity index (χ4v) is 4.47. The van der Waals surface area contributed by atoms with Crippen LogP contribution < -0.4 is 5.32 Å². The van der Waals surface area contributed by atoms with Gasteiger partial charge >= 0.3 is 0 Å². The molecule has 150 valence electrons. The first-order valence-electron chi connectivity index (χ1n) is 9.78. The number of fused-ring (bicyclic) bond motifs is 1. The lowest BCUT2D eigenvalue weighted by molar-refractivity contribution is 0.0944. The quantitative estimate of drug-likeness (QED) is 0.502. The lowest BCUT2D eigenvalue weighted by Gasteiger charge is -2.14. The number of benzene rings is 1. The Morgan fingerprint density at radius 1 is 1.21 bits per heavy atom. The molecule has 6 nitrogen and oxygen atoms in total. The number of carbonyl (C=O) groups is 1. The summed E-state index contributed by atoms with van der Waals surface area (Å²) in [5.41, 5.74) is 3.07. The molecule has 0 saturated carbocycles. The van der Waals surface area contributed by atoms with Crippen molar-refractivity contribution < 1.29 is 4.79 Å². The smallest absolute Gasteiger partial charge is 0.261 e. The van der Waals surface area contributed by atoms with Crippen molar-refractivity contribution in [3.63, 3.8) is 0 Å². The Bertz CT molecular complexity index is 1120. The highest BCUT2D eigenvalue weighted by Gasteiger charge is 2.18. The van der Waals surface area contributed by atoms with E-state index in [0.717, 1.165) is 38.6 Å². The van der Waals surface area contributed by atoms with Gasteiger partial charge in [0.2, 0.25) is 0 Å². The van der Waals surface area contributed by atoms with Crippen LogP contribution >= 0.6 is 11.3 Å². The molecule has 1 atom stereocenters. The van der Waals surface area contributed by atoms with Crippen molar-refractivity contribution in [1.82, 2.24) is 24.6 Å². The summed E-state index contributed by atoms with van der Waals surface area (Å²) in [7, 11) is 0. The third-order valence-electron chi connectivity index (χ3n) is 4.91. The molecule has 0 spiro atoms. The van der Waals surface area contributed by atoms with E-state index in [0.29, 0.717) is 5.92 Å². The van der Waals surface area contributed by atoms with Crippen molar-refractivity contribution in [1.29, 1.82) is 0 Å². The van der Waals surface area contributed by atoms with E-state index in [9.17, 15) is 4.79 Å². The number of carbonyl (C=O) groups excluding carboxylic acids is 1. The van der Waals surface area contributed by atoms with Crippen LogP contribution in [0.5, 0.6) is 0 Å². The number of thiophene rings is 1. The molecule has 0 aliphatic heterocycles. The first-order chi connectivity index (χ1) is 13.9. The highest BCUT2D eigenvalue weighted by molar-refractivity contribution is 7.20. The zero-order valence-corrected chi connectivity index (χ0v) is 17.9. The highest BCUT2D eigenvalue weighted by atomic mass is 32.1. The van der Waals surface area contributed by atoms with Crippen molar-refractivity contribution in [2.45, 2.75) is 40.3 Å². The molecule has 0 fully saturated rings. The second kappa shape index (κ2) is 7.83. The van der Waals surface area contributed by atoms with Gasteiger partial charge in [-0.15, -0.1) is 11.3 Å². The van der Waals surface area contributed by atoms with Crippen molar-refractivity contribution >= 4 is 27.5 Å². The maximum Gasteiger partial charge on any atom is 0.261 e. The predicted molar refractivity (Wildman–Crippen MR) is 117 cm³/mol. The molecule has 1 N–H and O–H groups in total. The third-order valence-corrected chi connectivity index (χ3v) is 6.06. The molecule has 3 heterocycles. The van der Waals surface area contributed by atoms with Gasteiger partial charge in [-0.2, -0.15) is 5.10 Å². The minimum Gasteiger partial charge on any atom is -0.345 e. The Morgan fingerprint density at radius 3 is 2.62 bits per heavy atom. The third kappa shape index (κ3) is 3.96. The van der Waals surface area contributed by atoms with E-state index in [4.69, 9.17) is 0 Å². The second-order valence-corrected chi connectivity index (χ2v) is 8.78. The average molecular weight is 408 g/mol. The van der Waals surface area contributed by atoms with Gasteiger partial charge in [0, 0.05) is 30.0 Å². The lowest BCUT2D eigenvalue weighted by atomic mass is 10.1. The molecule has 0 aliphatic rings. The first kappa shape index (κ1) is 19.4. The fourth-order valence-electron chi connectivity index (χ4n) is 3.39. The maximum absolute atomic E-state index is 12.9. The molecule has 4 aromatic rings. The molecule has 0 bridgehead atoms. The van der Waals surface area contributed by atoms with Crippen LogP contribution in [-0.4, -0.2) is 25.2 Å². The van der Waals surface area contributed by atoms with Crippen LogP contribution in [0.1, 0.15) is 47.7 Å². The van der Waals surface area contributed by atoms with E-state index in [1.54, 1.807) is 12.5 Å². The molecule has 0 unspecified atom stereocenters. The summed E-state index contributed by atoms with van der Waals surface area (Å²) in [6.45, 7) is 9.19. The van der Waals surface area contributed by atoms with Crippen molar-refractivity contribution in [3.8, 4) is 5.69 Å². The molecule has 1 amide bonds. The molecule has 4 rings (SSSR count). The predicted octanol–water partition coefficient (Wildman–Crippen LogP) is 4.74. The molecule has 7 heteroatoms. The van der Waals surface area contributed by atoms with Crippen LogP contribution in [0.3, 0.4) is 0 Å². The Morgan fingerprint density at radius 2 is 1.97 bits per heavy atom. The van der Waals surface area contributed by atoms with Gasteiger partial charge in [-0.25, -0.2) is 4.98 Å². The summed E-state index contributed by atoms with van der Waals surface area (Å²) in [6, 6.07) is 10.0. The van der Waals surface area contributed by atoms with Gasteiger partial charge in [0.25, 0.3) is 5.91 Å². The largest absolute Gasteiger partial charge is 0.345 e. The first-order valence-corrected chi connectivity index (χ1v) is 10.6. The standard InChI is InChI=1S/C22H25N5OS/c1-14(2)12-27-22-19(16(4)25-27)11-20(29-22)21(28)24-15(3)17-5-7-18(8-6-17)26-10-9-23-13-26/h5-11,13-15H,12H2,1-4H3,(H,24,28)/t15-/m0/s1. The van der Waals surface area contributed by atoms with Crippen molar-refractivity contribution in [2.75, 3.05) is 0 Å². The van der Waals surface area contributed by atoms with E-state index in [1.165, 1.54) is 11.3 Å². The number of amides is 1. The second-order valence-electron chi connectivity index (χ2n) is 7.75. The minimum absolute atomic E-state index is 0.0483. The van der Waals surface area contributed by atoms with Crippen LogP contribution in [0.2, 0.25) is 0 Å². The minimum atomic E-state index is -0.0854. The van der Waals surface area contributed by atoms with Gasteiger partial charge < -0.3 is 9.88 Å². The fraction of sp³-hybridized carbons (Fsp3) is 0.318. The summed E-state index contributed by atoms with van der Waals surface area (Å²) >= 11 is 1.51. The van der Waals surface area contributed by atoms with Crippen LogP contribution in [0, 0.1) is 12.8 Å². The van der Waals surface area contributed by atoms with E-state index in [2.05, 4.69) is 29.2 Å². The maximum atomic E-state index is 12.9. The van der Waals surface area contributed by atoms with E-state index >= 15 is 0 Å². The number of aromatic nitrogens is 4. The number of rotatable bonds is 6. The van der Waals surface area contributed by atoms with Gasteiger partial charge in [0.1, 0.15) is 4.83 Å². The van der Waals surface area contributed by atoms with Gasteiger partial charge in [-0.3, -0.25) is 9.48 Å². The summed E-state index contributed by atoms with van der Waals surface area (Å²) in [5.74, 6) is 0.454. The van der Waals surface area contributed by atoms with Crippen molar-refractivity contribution in [2.24, 2.45) is 5.92 Å². The Labute approximate surface area is 174 Å². The number of nitrogens with one attached hydrogen (secondary N) is 1. The summed E-state index contributed by atoms with van der Waals surface area (Å²) in [5, 5.41) is 8.80. The number of aryl methyl sites for hydroxylation is 1. The van der Waals surface area contributed by atoms with Gasteiger partial charge in [-0.05, 0) is 43.5 Å². The molecule has 1 aromatic carbocycles. The molecular formula is C22H25N5OS. The monoisotopic (exact) mass is 407 g/mol. The van der Waals surface area contributed by atoms with E-state index in [1.807, 2.05) is 59.6 Å². The van der Waals surface area contributed by atoms with Gasteiger partial charge in [-0.1, -0.05) is 26.0 Å². The van der Waals surface area contributed by atoms with Crippen LogP contribution in [-0.2, 0) is 6.54 Å².